The van der Waals surface area contributed by atoms with Crippen LogP contribution in [-0.4, -0.2) is 53.7 Å². The third-order valence-corrected chi connectivity index (χ3v) is 13.4. The molecule has 276 valence electrons. The van der Waals surface area contributed by atoms with Gasteiger partial charge in [-0.2, -0.15) is 35.1 Å². The first-order valence-corrected chi connectivity index (χ1v) is 20.4. The highest BCUT2D eigenvalue weighted by atomic mass is 32.2. The maximum absolute atomic E-state index is 9.75. The minimum Gasteiger partial charge on any atom is -0.312 e. The van der Waals surface area contributed by atoms with Gasteiger partial charge in [0.2, 0.25) is 0 Å². The number of thiophene rings is 1. The summed E-state index contributed by atoms with van der Waals surface area (Å²) < 4.78 is 2.46. The lowest BCUT2D eigenvalue weighted by Crippen LogP contribution is -2.32. The third kappa shape index (κ3) is 5.32. The molecule has 10 nitrogen and oxygen atoms in total. The Morgan fingerprint density at radius 2 is 1.53 bits per heavy atom. The zero-order chi connectivity index (χ0) is 38.4. The summed E-state index contributed by atoms with van der Waals surface area (Å²) in [5, 5.41) is 36.8. The number of thioether (sulfide) groups is 1. The van der Waals surface area contributed by atoms with Gasteiger partial charge >= 0.3 is 0 Å². The van der Waals surface area contributed by atoms with Crippen LogP contribution in [0.5, 0.6) is 0 Å². The first-order valence-electron chi connectivity index (χ1n) is 18.7. The average molecular weight is 779 g/mol. The zero-order valence-corrected chi connectivity index (χ0v) is 32.8. The number of rotatable bonds is 6. The van der Waals surface area contributed by atoms with Crippen molar-refractivity contribution < 1.29 is 0 Å². The molecule has 2 unspecified atom stereocenters. The van der Waals surface area contributed by atoms with Crippen LogP contribution in [0.25, 0.3) is 58.9 Å². The van der Waals surface area contributed by atoms with Crippen LogP contribution in [0.1, 0.15) is 17.0 Å². The second kappa shape index (κ2) is 13.0. The predicted molar refractivity (Wildman–Crippen MR) is 235 cm³/mol. The van der Waals surface area contributed by atoms with Crippen LogP contribution in [0, 0.1) is 5.41 Å². The van der Waals surface area contributed by atoms with Crippen molar-refractivity contribution in [3.05, 3.63) is 144 Å². The highest BCUT2D eigenvalue weighted by Crippen LogP contribution is 2.50. The minimum absolute atomic E-state index is 0.296. The van der Waals surface area contributed by atoms with Gasteiger partial charge in [0, 0.05) is 68.5 Å². The highest BCUT2D eigenvalue weighted by molar-refractivity contribution is 8.00. The average Bonchev–Trinajstić information content (AvgIpc) is 4.00. The Morgan fingerprint density at radius 1 is 0.737 bits per heavy atom. The van der Waals surface area contributed by atoms with E-state index < -0.39 is 0 Å². The molecule has 0 amide bonds. The van der Waals surface area contributed by atoms with Gasteiger partial charge in [-0.3, -0.25) is 5.41 Å². The number of aryl methyl sites for hydroxylation is 2. The molecule has 0 bridgehead atoms. The van der Waals surface area contributed by atoms with E-state index in [4.69, 9.17) is 20.4 Å². The molecule has 1 aliphatic heterocycles. The summed E-state index contributed by atoms with van der Waals surface area (Å²) in [6.45, 7) is 0. The molecule has 57 heavy (non-hydrogen) atoms. The number of hydrogen-bond donors (Lipinski definition) is 2. The molecule has 11 rings (SSSR count). The van der Waals surface area contributed by atoms with Crippen molar-refractivity contribution in [2.45, 2.75) is 16.1 Å². The zero-order valence-electron chi connectivity index (χ0n) is 31.2. The molecule has 0 saturated heterocycles. The van der Waals surface area contributed by atoms with E-state index in [0.717, 1.165) is 44.7 Å². The summed E-state index contributed by atoms with van der Waals surface area (Å²) in [6, 6.07) is 31.9. The van der Waals surface area contributed by atoms with Crippen LogP contribution in [-0.2, 0) is 14.1 Å². The lowest BCUT2D eigenvalue weighted by Gasteiger charge is -2.31. The molecular weight excluding hydrogens is 745 g/mol. The molecule has 2 atom stereocenters. The molecule has 12 heteroatoms. The Labute approximate surface area is 335 Å². The first-order chi connectivity index (χ1) is 27.9. The van der Waals surface area contributed by atoms with Crippen LogP contribution in [0.15, 0.2) is 143 Å². The first kappa shape index (κ1) is 33.7. The summed E-state index contributed by atoms with van der Waals surface area (Å²) in [5.41, 5.74) is 14.2. The summed E-state index contributed by atoms with van der Waals surface area (Å²) in [4.78, 5) is 6.64. The monoisotopic (exact) mass is 778 g/mol. The van der Waals surface area contributed by atoms with Gasteiger partial charge in [-0.25, -0.2) is 0 Å². The van der Waals surface area contributed by atoms with Gasteiger partial charge in [0.1, 0.15) is 27.8 Å². The lowest BCUT2D eigenvalue weighted by molar-refractivity contribution is 0.665. The van der Waals surface area contributed by atoms with Crippen molar-refractivity contribution >= 4 is 93.7 Å². The fourth-order valence-electron chi connectivity index (χ4n) is 8.42. The lowest BCUT2D eigenvalue weighted by atomic mass is 9.89. The minimum atomic E-state index is 0.296. The fraction of sp³-hybridized carbons (Fsp3) is 0.111. The van der Waals surface area contributed by atoms with Gasteiger partial charge in [-0.05, 0) is 83.4 Å². The Hall–Kier alpha value is -6.63. The van der Waals surface area contributed by atoms with Gasteiger partial charge in [-0.1, -0.05) is 60.7 Å². The number of allylic oxidation sites excluding steroid dienone is 7. The molecule has 0 radical (unpaired) electrons. The van der Waals surface area contributed by atoms with Gasteiger partial charge in [-0.15, -0.1) is 23.1 Å². The maximum atomic E-state index is 9.75. The van der Waals surface area contributed by atoms with Crippen LogP contribution in [0.3, 0.4) is 0 Å². The molecule has 2 N–H and O–H groups in total. The number of benzene rings is 5. The summed E-state index contributed by atoms with van der Waals surface area (Å²) in [5.74, 6) is 0.345. The van der Waals surface area contributed by atoms with Gasteiger partial charge < -0.3 is 10.3 Å². The quantitative estimate of drug-likeness (QED) is 0.128. The number of hydrogen-bond acceptors (Lipinski definition) is 10. The van der Waals surface area contributed by atoms with Crippen molar-refractivity contribution in [1.29, 1.82) is 5.41 Å². The SMILES string of the molecule is CN/N=C1\C(=N)C(c2ccc3sc4ccccc4c3c2)=CC=C1N(c1cccc2nn(C)nc12)c1ccc(-c2ccc3c(c2)C2C=CC=CC2S3)c2nn(C)nc12. The van der Waals surface area contributed by atoms with Crippen LogP contribution >= 0.6 is 23.1 Å². The molecule has 5 aromatic carbocycles. The number of anilines is 2. The van der Waals surface area contributed by atoms with E-state index in [1.807, 2.05) is 56.2 Å². The van der Waals surface area contributed by atoms with Crippen LogP contribution in [0.4, 0.5) is 11.4 Å². The molecule has 4 heterocycles. The molecule has 0 fully saturated rings. The molecule has 3 aliphatic rings. The smallest absolute Gasteiger partial charge is 0.137 e. The van der Waals surface area contributed by atoms with Gasteiger partial charge in [0.15, 0.2) is 0 Å². The Bertz CT molecular complexity index is 3170. The number of nitrogens with zero attached hydrogens (tertiary/aromatic N) is 8. The van der Waals surface area contributed by atoms with Gasteiger partial charge in [0.25, 0.3) is 0 Å². The standard InChI is InChI=1S/C45H34N10S2/c1-47-48-44-35(19-17-27(41(44)46)25-15-21-39-31(23-25)29-9-4-6-13-37(29)56-39)55(34-12-8-11-33-43(34)51-53(2)49-33)36-20-18-28(42-45(36)52-54(3)50-42)26-16-22-40-32(24-26)30-10-5-7-14-38(30)57-40/h4-24,30,38,46-47H,1-3H3/b46-41?,48-44-. The molecule has 8 aromatic rings. The Kier molecular flexibility index (Phi) is 7.67. The van der Waals surface area contributed by atoms with Crippen molar-refractivity contribution in [2.75, 3.05) is 11.9 Å². The van der Waals surface area contributed by atoms with E-state index in [-0.39, 0.29) is 0 Å². The maximum Gasteiger partial charge on any atom is 0.137 e. The fourth-order valence-corrected chi connectivity index (χ4v) is 10.8. The third-order valence-electron chi connectivity index (χ3n) is 10.9. The number of nitrogens with one attached hydrogen (secondary N) is 2. The summed E-state index contributed by atoms with van der Waals surface area (Å²) in [6.07, 6.45) is 13.0. The molecule has 0 saturated carbocycles. The highest BCUT2D eigenvalue weighted by Gasteiger charge is 2.33. The van der Waals surface area contributed by atoms with E-state index >= 15 is 0 Å². The molecular formula is C45H34N10S2. The van der Waals surface area contributed by atoms with E-state index in [1.165, 1.54) is 30.6 Å². The van der Waals surface area contributed by atoms with E-state index in [0.29, 0.717) is 39.3 Å². The van der Waals surface area contributed by atoms with Crippen LogP contribution < -0.4 is 10.3 Å². The van der Waals surface area contributed by atoms with Crippen LogP contribution in [0.2, 0.25) is 0 Å². The van der Waals surface area contributed by atoms with Crippen molar-refractivity contribution in [3.8, 4) is 11.1 Å². The summed E-state index contributed by atoms with van der Waals surface area (Å²) >= 11 is 3.71. The normalized spacial score (nSPS) is 18.2. The number of hydrazone groups is 1. The van der Waals surface area contributed by atoms with Crippen molar-refractivity contribution in [2.24, 2.45) is 19.2 Å². The topological polar surface area (TPSA) is 113 Å². The summed E-state index contributed by atoms with van der Waals surface area (Å²) in [7, 11) is 5.45. The molecule has 2 aliphatic carbocycles. The van der Waals surface area contributed by atoms with E-state index in [1.54, 1.807) is 28.0 Å². The van der Waals surface area contributed by atoms with E-state index in [2.05, 4.69) is 113 Å². The molecule has 0 spiro atoms. The van der Waals surface area contributed by atoms with Crippen molar-refractivity contribution in [1.82, 2.24) is 35.4 Å². The molecule has 3 aromatic heterocycles. The Balaban J connectivity index is 1.10. The number of fused-ring (bicyclic) bond motifs is 8. The predicted octanol–water partition coefficient (Wildman–Crippen LogP) is 9.68. The Morgan fingerprint density at radius 3 is 2.44 bits per heavy atom. The second-order valence-electron chi connectivity index (χ2n) is 14.3. The number of aromatic nitrogens is 6. The second-order valence-corrected chi connectivity index (χ2v) is 16.6. The van der Waals surface area contributed by atoms with E-state index in [9.17, 15) is 5.41 Å². The van der Waals surface area contributed by atoms with Gasteiger partial charge in [0.05, 0.1) is 22.8 Å². The van der Waals surface area contributed by atoms with Crippen molar-refractivity contribution in [3.63, 3.8) is 0 Å². The largest absolute Gasteiger partial charge is 0.312 e.